The third-order valence-corrected chi connectivity index (χ3v) is 10.1. The molecule has 0 radical (unpaired) electrons. The van der Waals surface area contributed by atoms with Gasteiger partial charge in [-0.15, -0.1) is 0 Å². The fraction of sp³-hybridized carbons (Fsp3) is 0.0213. The summed E-state index contributed by atoms with van der Waals surface area (Å²) in [6.07, 6.45) is 0. The first-order valence-corrected chi connectivity index (χ1v) is 18.6. The number of benzene rings is 8. The second-order valence-corrected chi connectivity index (χ2v) is 13.8. The molecule has 0 saturated heterocycles. The number of rotatable bonds is 12. The summed E-state index contributed by atoms with van der Waals surface area (Å²) >= 11 is 0. The summed E-state index contributed by atoms with van der Waals surface area (Å²) in [7, 11) is 0. The molecule has 8 aromatic rings. The predicted octanol–water partition coefficient (Wildman–Crippen LogP) is 10.3. The minimum Gasteiger partial charge on any atom is -0.505 e. The zero-order valence-electron chi connectivity index (χ0n) is 30.8. The number of fused-ring (bicyclic) bond motifs is 5. The van der Waals surface area contributed by atoms with E-state index in [1.54, 1.807) is 30.3 Å². The van der Waals surface area contributed by atoms with Crippen molar-refractivity contribution in [1.29, 1.82) is 0 Å². The first-order valence-electron chi connectivity index (χ1n) is 18.6. The van der Waals surface area contributed by atoms with Crippen molar-refractivity contribution in [2.45, 2.75) is 6.61 Å². The van der Waals surface area contributed by atoms with Crippen LogP contribution in [0.15, 0.2) is 158 Å². The standard InChI is InChI=1S/C47H36N6O5/c54-44-30(27-58-53-32-15-5-2-6-16-32)23-28-11-7-9-17-35(28)42(44)51-49-33-19-21-37-38-22-20-34(26-40(38)45(55)39(37)25-33)50-52-43-36-18-10-8-12-29(36)24-41(46(43)56)47(57)48-31-13-3-1-4-14-31/h1-26,49-54,56H,27H2,(H,48,57). The van der Waals surface area contributed by atoms with Gasteiger partial charge in [0.1, 0.15) is 23.7 Å². The van der Waals surface area contributed by atoms with Crippen LogP contribution in [0, 0.1) is 0 Å². The lowest BCUT2D eigenvalue weighted by Crippen LogP contribution is -2.15. The molecule has 11 nitrogen and oxygen atoms in total. The molecule has 8 N–H and O–H groups in total. The molecule has 0 heterocycles. The van der Waals surface area contributed by atoms with Gasteiger partial charge in [-0.3, -0.25) is 30.8 Å². The number of aromatic hydroxyl groups is 2. The van der Waals surface area contributed by atoms with E-state index >= 15 is 0 Å². The minimum atomic E-state index is -0.456. The van der Waals surface area contributed by atoms with Gasteiger partial charge in [0.05, 0.1) is 22.6 Å². The Balaban J connectivity index is 0.919. The highest BCUT2D eigenvalue weighted by Crippen LogP contribution is 2.41. The van der Waals surface area contributed by atoms with E-state index < -0.39 is 5.91 Å². The Labute approximate surface area is 332 Å². The van der Waals surface area contributed by atoms with Gasteiger partial charge in [-0.1, -0.05) is 97.1 Å². The zero-order valence-corrected chi connectivity index (χ0v) is 30.8. The largest absolute Gasteiger partial charge is 0.505 e. The normalized spacial score (nSPS) is 11.5. The summed E-state index contributed by atoms with van der Waals surface area (Å²) in [6, 6.07) is 48.2. The molecule has 9 rings (SSSR count). The number of ketones is 1. The van der Waals surface area contributed by atoms with Gasteiger partial charge in [-0.25, -0.2) is 0 Å². The average Bonchev–Trinajstić information content (AvgIpc) is 3.53. The second-order valence-electron chi connectivity index (χ2n) is 13.8. The van der Waals surface area contributed by atoms with E-state index in [1.807, 2.05) is 127 Å². The van der Waals surface area contributed by atoms with Crippen LogP contribution < -0.4 is 32.5 Å². The van der Waals surface area contributed by atoms with Gasteiger partial charge < -0.3 is 26.4 Å². The van der Waals surface area contributed by atoms with Gasteiger partial charge in [-0.05, 0) is 82.6 Å². The first kappa shape index (κ1) is 35.7. The molecular weight excluding hydrogens is 729 g/mol. The van der Waals surface area contributed by atoms with Crippen molar-refractivity contribution >= 4 is 67.4 Å². The van der Waals surface area contributed by atoms with Crippen molar-refractivity contribution in [3.8, 4) is 22.6 Å². The molecule has 1 aliphatic carbocycles. The molecule has 0 spiro atoms. The Kier molecular flexibility index (Phi) is 9.38. The van der Waals surface area contributed by atoms with Crippen molar-refractivity contribution in [2.75, 3.05) is 32.5 Å². The van der Waals surface area contributed by atoms with Crippen LogP contribution in [0.4, 0.5) is 34.1 Å². The van der Waals surface area contributed by atoms with Gasteiger partial charge >= 0.3 is 0 Å². The lowest BCUT2D eigenvalue weighted by atomic mass is 10.0. The highest BCUT2D eigenvalue weighted by atomic mass is 16.6. The average molecular weight is 765 g/mol. The zero-order chi connectivity index (χ0) is 39.6. The lowest BCUT2D eigenvalue weighted by Gasteiger charge is -2.17. The molecule has 0 aliphatic heterocycles. The van der Waals surface area contributed by atoms with Crippen molar-refractivity contribution in [3.63, 3.8) is 0 Å². The summed E-state index contributed by atoms with van der Waals surface area (Å²) in [5.74, 6) is -0.798. The van der Waals surface area contributed by atoms with Crippen molar-refractivity contribution in [2.24, 2.45) is 0 Å². The second kappa shape index (κ2) is 15.3. The van der Waals surface area contributed by atoms with Crippen LogP contribution in [0.2, 0.25) is 0 Å². The van der Waals surface area contributed by atoms with E-state index in [9.17, 15) is 19.8 Å². The lowest BCUT2D eigenvalue weighted by molar-refractivity contribution is 0.102. The van der Waals surface area contributed by atoms with Crippen LogP contribution >= 0.6 is 0 Å². The molecule has 0 bridgehead atoms. The number of phenols is 2. The Hall–Kier alpha value is -8.02. The monoisotopic (exact) mass is 764 g/mol. The van der Waals surface area contributed by atoms with Crippen LogP contribution in [0.3, 0.4) is 0 Å². The van der Waals surface area contributed by atoms with E-state index in [4.69, 9.17) is 4.84 Å². The van der Waals surface area contributed by atoms with Gasteiger partial charge in [0, 0.05) is 33.2 Å². The van der Waals surface area contributed by atoms with Gasteiger partial charge in [0.2, 0.25) is 0 Å². The first-order chi connectivity index (χ1) is 28.4. The van der Waals surface area contributed by atoms with E-state index in [1.165, 1.54) is 0 Å². The molecule has 0 unspecified atom stereocenters. The van der Waals surface area contributed by atoms with Gasteiger partial charge in [0.25, 0.3) is 5.91 Å². The molecule has 0 aromatic heterocycles. The molecule has 0 saturated carbocycles. The third kappa shape index (κ3) is 6.89. The third-order valence-electron chi connectivity index (χ3n) is 10.1. The quantitative estimate of drug-likeness (QED) is 0.0445. The van der Waals surface area contributed by atoms with Crippen LogP contribution in [0.5, 0.6) is 11.5 Å². The number of hydrogen-bond donors (Lipinski definition) is 8. The number of nitrogens with one attached hydrogen (secondary N) is 6. The summed E-state index contributed by atoms with van der Waals surface area (Å²) in [5.41, 5.74) is 22.2. The van der Waals surface area contributed by atoms with Crippen LogP contribution in [-0.4, -0.2) is 21.9 Å². The molecular formula is C47H36N6O5. The number of hydrazine groups is 2. The maximum atomic E-state index is 13.9. The molecule has 1 aliphatic rings. The summed E-state index contributed by atoms with van der Waals surface area (Å²) < 4.78 is 0. The van der Waals surface area contributed by atoms with Crippen LogP contribution in [-0.2, 0) is 11.4 Å². The number of para-hydroxylation sites is 2. The van der Waals surface area contributed by atoms with Crippen molar-refractivity contribution in [3.05, 3.63) is 180 Å². The van der Waals surface area contributed by atoms with E-state index in [-0.39, 0.29) is 29.5 Å². The molecule has 0 atom stereocenters. The van der Waals surface area contributed by atoms with Crippen LogP contribution in [0.1, 0.15) is 31.8 Å². The minimum absolute atomic E-state index is 0.0304. The Bertz CT molecular complexity index is 2870. The molecule has 11 heteroatoms. The Morgan fingerprint density at radius 3 is 1.62 bits per heavy atom. The predicted molar refractivity (Wildman–Crippen MR) is 230 cm³/mol. The molecule has 8 aromatic carbocycles. The maximum Gasteiger partial charge on any atom is 0.259 e. The number of carbonyl (C=O) groups is 2. The van der Waals surface area contributed by atoms with Gasteiger partial charge in [-0.2, -0.15) is 0 Å². The Morgan fingerprint density at radius 1 is 0.500 bits per heavy atom. The van der Waals surface area contributed by atoms with Crippen LogP contribution in [0.25, 0.3) is 32.7 Å². The SMILES string of the molecule is O=C1c2cc(NNc3c(O)c(CONc4ccccc4)cc4ccccc34)ccc2-c2ccc(NNc3c(O)c(C(=O)Nc4ccccc4)cc4ccccc34)cc21. The highest BCUT2D eigenvalue weighted by Gasteiger charge is 2.28. The number of carbonyl (C=O) groups excluding carboxylic acids is 2. The summed E-state index contributed by atoms with van der Waals surface area (Å²) in [6.45, 7) is 0.105. The number of anilines is 6. The molecule has 58 heavy (non-hydrogen) atoms. The number of hydrogen-bond acceptors (Lipinski definition) is 10. The van der Waals surface area contributed by atoms with Crippen molar-refractivity contribution < 1.29 is 24.6 Å². The topological polar surface area (TPSA) is 156 Å². The smallest absolute Gasteiger partial charge is 0.259 e. The summed E-state index contributed by atoms with van der Waals surface area (Å²) in [4.78, 5) is 32.9. The number of amides is 1. The van der Waals surface area contributed by atoms with E-state index in [2.05, 4.69) is 32.5 Å². The fourth-order valence-corrected chi connectivity index (χ4v) is 7.19. The highest BCUT2D eigenvalue weighted by molar-refractivity contribution is 6.22. The van der Waals surface area contributed by atoms with E-state index in [0.717, 1.165) is 33.0 Å². The molecule has 0 fully saturated rings. The fourth-order valence-electron chi connectivity index (χ4n) is 7.19. The van der Waals surface area contributed by atoms with Crippen molar-refractivity contribution in [1.82, 2.24) is 0 Å². The Morgan fingerprint density at radius 2 is 1.02 bits per heavy atom. The van der Waals surface area contributed by atoms with Gasteiger partial charge in [0.15, 0.2) is 11.5 Å². The maximum absolute atomic E-state index is 13.9. The molecule has 284 valence electrons. The number of phenolic OH excluding ortho intramolecular Hbond substituents is 2. The molecule has 1 amide bonds. The summed E-state index contributed by atoms with van der Waals surface area (Å²) in [5, 5.41) is 28.7. The van der Waals surface area contributed by atoms with E-state index in [0.29, 0.717) is 50.5 Å².